The summed E-state index contributed by atoms with van der Waals surface area (Å²) in [5, 5.41) is 3.13. The van der Waals surface area contributed by atoms with Crippen molar-refractivity contribution in [2.24, 2.45) is 5.92 Å². The highest BCUT2D eigenvalue weighted by Crippen LogP contribution is 2.26. The molecule has 84 valence electrons. The van der Waals surface area contributed by atoms with Gasteiger partial charge in [0.15, 0.2) is 0 Å². The third kappa shape index (κ3) is 3.70. The van der Waals surface area contributed by atoms with E-state index < -0.39 is 0 Å². The molecule has 0 aliphatic heterocycles. The minimum atomic E-state index is -0.295. The van der Waals surface area contributed by atoms with Crippen molar-refractivity contribution in [2.45, 2.75) is 20.3 Å². The summed E-state index contributed by atoms with van der Waals surface area (Å²) in [7, 11) is 0. The predicted molar refractivity (Wildman–Crippen MR) is 66.5 cm³/mol. The molecule has 0 saturated heterocycles. The zero-order chi connectivity index (χ0) is 11.4. The van der Waals surface area contributed by atoms with Crippen molar-refractivity contribution < 1.29 is 4.39 Å². The quantitative estimate of drug-likeness (QED) is 0.823. The Kier molecular flexibility index (Phi) is 4.39. The lowest BCUT2D eigenvalue weighted by Gasteiger charge is -2.11. The van der Waals surface area contributed by atoms with Crippen LogP contribution in [-0.2, 0) is 0 Å². The van der Waals surface area contributed by atoms with E-state index in [-0.39, 0.29) is 5.82 Å². The van der Waals surface area contributed by atoms with Crippen molar-refractivity contribution in [1.29, 1.82) is 0 Å². The Hall–Kier alpha value is -0.770. The van der Waals surface area contributed by atoms with Crippen LogP contribution in [0.1, 0.15) is 20.3 Å². The molecular weight excluding hydrogens is 259 g/mol. The topological polar surface area (TPSA) is 38.0 Å². The number of hydrogen-bond donors (Lipinski definition) is 2. The largest absolute Gasteiger partial charge is 0.397 e. The van der Waals surface area contributed by atoms with Crippen LogP contribution < -0.4 is 11.1 Å². The van der Waals surface area contributed by atoms with Crippen molar-refractivity contribution in [3.05, 3.63) is 22.4 Å². The number of nitrogens with one attached hydrogen (secondary N) is 1. The van der Waals surface area contributed by atoms with Gasteiger partial charge >= 0.3 is 0 Å². The maximum atomic E-state index is 13.2. The number of nitrogens with two attached hydrogens (primary N) is 1. The van der Waals surface area contributed by atoms with Crippen LogP contribution in [0, 0.1) is 11.7 Å². The molecule has 1 rings (SSSR count). The van der Waals surface area contributed by atoms with Gasteiger partial charge in [0.05, 0.1) is 15.8 Å². The molecule has 2 nitrogen and oxygen atoms in total. The predicted octanol–water partition coefficient (Wildman–Crippen LogP) is 3.63. The molecule has 0 atom stereocenters. The van der Waals surface area contributed by atoms with Crippen molar-refractivity contribution in [3.8, 4) is 0 Å². The Morgan fingerprint density at radius 1 is 1.47 bits per heavy atom. The lowest BCUT2D eigenvalue weighted by Crippen LogP contribution is -2.07. The van der Waals surface area contributed by atoms with Gasteiger partial charge in [-0.05, 0) is 34.3 Å². The first kappa shape index (κ1) is 12.3. The third-order valence-electron chi connectivity index (χ3n) is 2.13. The third-order valence-corrected chi connectivity index (χ3v) is 2.74. The highest BCUT2D eigenvalue weighted by atomic mass is 79.9. The Balaban J connectivity index is 2.65. The highest BCUT2D eigenvalue weighted by molar-refractivity contribution is 9.10. The van der Waals surface area contributed by atoms with E-state index in [4.69, 9.17) is 5.73 Å². The monoisotopic (exact) mass is 274 g/mol. The molecule has 0 radical (unpaired) electrons. The molecule has 3 N–H and O–H groups in total. The van der Waals surface area contributed by atoms with Crippen LogP contribution in [0.3, 0.4) is 0 Å². The smallest absolute Gasteiger partial charge is 0.139 e. The number of rotatable bonds is 4. The molecule has 0 unspecified atom stereocenters. The van der Waals surface area contributed by atoms with E-state index in [1.165, 1.54) is 6.07 Å². The van der Waals surface area contributed by atoms with E-state index in [0.717, 1.165) is 13.0 Å². The van der Waals surface area contributed by atoms with Crippen LogP contribution >= 0.6 is 15.9 Å². The number of benzene rings is 1. The van der Waals surface area contributed by atoms with Gasteiger partial charge in [-0.1, -0.05) is 13.8 Å². The molecule has 15 heavy (non-hydrogen) atoms. The van der Waals surface area contributed by atoms with Gasteiger partial charge in [-0.2, -0.15) is 0 Å². The molecule has 0 saturated carbocycles. The van der Waals surface area contributed by atoms with Crippen LogP contribution in [-0.4, -0.2) is 6.54 Å². The molecule has 1 aromatic carbocycles. The SMILES string of the molecule is CC(C)CCNc1cc(F)c(Br)cc1N. The maximum Gasteiger partial charge on any atom is 0.139 e. The molecule has 0 aliphatic carbocycles. The van der Waals surface area contributed by atoms with Crippen molar-refractivity contribution in [1.82, 2.24) is 0 Å². The molecule has 0 heterocycles. The lowest BCUT2D eigenvalue weighted by molar-refractivity contribution is 0.605. The Bertz CT molecular complexity index is 340. The lowest BCUT2D eigenvalue weighted by atomic mass is 10.1. The van der Waals surface area contributed by atoms with Gasteiger partial charge in [0, 0.05) is 12.6 Å². The Morgan fingerprint density at radius 3 is 2.73 bits per heavy atom. The minimum Gasteiger partial charge on any atom is -0.397 e. The molecular formula is C11H16BrFN2. The van der Waals surface area contributed by atoms with E-state index >= 15 is 0 Å². The molecule has 0 amide bonds. The maximum absolute atomic E-state index is 13.2. The normalized spacial score (nSPS) is 10.7. The first-order valence-corrected chi connectivity index (χ1v) is 5.78. The van der Waals surface area contributed by atoms with Crippen molar-refractivity contribution in [2.75, 3.05) is 17.6 Å². The number of anilines is 2. The van der Waals surface area contributed by atoms with E-state index in [9.17, 15) is 4.39 Å². The standard InChI is InChI=1S/C11H16BrFN2/c1-7(2)3-4-15-11-6-9(13)8(12)5-10(11)14/h5-7,15H,3-4,14H2,1-2H3. The summed E-state index contributed by atoms with van der Waals surface area (Å²) in [6.07, 6.45) is 1.04. The summed E-state index contributed by atoms with van der Waals surface area (Å²) >= 11 is 3.09. The van der Waals surface area contributed by atoms with Gasteiger partial charge in [0.25, 0.3) is 0 Å². The van der Waals surface area contributed by atoms with E-state index in [0.29, 0.717) is 21.8 Å². The van der Waals surface area contributed by atoms with Gasteiger partial charge in [-0.25, -0.2) is 4.39 Å². The number of nitrogen functional groups attached to an aromatic ring is 1. The zero-order valence-corrected chi connectivity index (χ0v) is 10.6. The first-order valence-electron chi connectivity index (χ1n) is 4.99. The fraction of sp³-hybridized carbons (Fsp3) is 0.455. The van der Waals surface area contributed by atoms with Gasteiger partial charge in [0.2, 0.25) is 0 Å². The molecule has 0 fully saturated rings. The second kappa shape index (κ2) is 5.35. The fourth-order valence-electron chi connectivity index (χ4n) is 1.21. The Labute approximate surface area is 98.2 Å². The molecule has 0 bridgehead atoms. The van der Waals surface area contributed by atoms with Crippen LogP contribution in [0.2, 0.25) is 0 Å². The molecule has 0 aliphatic rings. The summed E-state index contributed by atoms with van der Waals surface area (Å²) in [5.74, 6) is 0.329. The van der Waals surface area contributed by atoms with Crippen LogP contribution in [0.15, 0.2) is 16.6 Å². The summed E-state index contributed by atoms with van der Waals surface area (Å²) in [6, 6.07) is 2.99. The second-order valence-corrected chi connectivity index (χ2v) is 4.82. The summed E-state index contributed by atoms with van der Waals surface area (Å²) in [5.41, 5.74) is 6.97. The van der Waals surface area contributed by atoms with Gasteiger partial charge in [0.1, 0.15) is 5.82 Å². The van der Waals surface area contributed by atoms with Crippen LogP contribution in [0.5, 0.6) is 0 Å². The summed E-state index contributed by atoms with van der Waals surface area (Å²) < 4.78 is 13.6. The van der Waals surface area contributed by atoms with Crippen molar-refractivity contribution >= 4 is 27.3 Å². The van der Waals surface area contributed by atoms with Crippen LogP contribution in [0.25, 0.3) is 0 Å². The Morgan fingerprint density at radius 2 is 2.13 bits per heavy atom. The first-order chi connectivity index (χ1) is 7.00. The average Bonchev–Trinajstić information content (AvgIpc) is 2.13. The summed E-state index contributed by atoms with van der Waals surface area (Å²) in [6.45, 7) is 5.10. The molecule has 0 aromatic heterocycles. The highest BCUT2D eigenvalue weighted by Gasteiger charge is 2.05. The minimum absolute atomic E-state index is 0.295. The average molecular weight is 275 g/mol. The van der Waals surface area contributed by atoms with Gasteiger partial charge < -0.3 is 11.1 Å². The van der Waals surface area contributed by atoms with Crippen LogP contribution in [0.4, 0.5) is 15.8 Å². The fourth-order valence-corrected chi connectivity index (χ4v) is 1.57. The number of halogens is 2. The van der Waals surface area contributed by atoms with E-state index in [1.807, 2.05) is 0 Å². The molecule has 0 spiro atoms. The molecule has 1 aromatic rings. The van der Waals surface area contributed by atoms with E-state index in [1.54, 1.807) is 6.07 Å². The summed E-state index contributed by atoms with van der Waals surface area (Å²) in [4.78, 5) is 0. The zero-order valence-electron chi connectivity index (χ0n) is 8.98. The van der Waals surface area contributed by atoms with Gasteiger partial charge in [-0.15, -0.1) is 0 Å². The van der Waals surface area contributed by atoms with E-state index in [2.05, 4.69) is 35.1 Å². The molecule has 4 heteroatoms. The van der Waals surface area contributed by atoms with Gasteiger partial charge in [-0.3, -0.25) is 0 Å². The van der Waals surface area contributed by atoms with Crippen molar-refractivity contribution in [3.63, 3.8) is 0 Å². The number of hydrogen-bond acceptors (Lipinski definition) is 2. The second-order valence-electron chi connectivity index (χ2n) is 3.96.